The number of rotatable bonds is 1. The number of aryl methyl sites for hydroxylation is 1. The van der Waals surface area contributed by atoms with Crippen LogP contribution in [0.3, 0.4) is 0 Å². The molecule has 1 aliphatic heterocycles. The lowest BCUT2D eigenvalue weighted by molar-refractivity contribution is 0.0388. The molecular weight excluding hydrogens is 226 g/mol. The molecule has 0 fully saturated rings. The molecule has 2 heterocycles. The Morgan fingerprint density at radius 2 is 2.11 bits per heavy atom. The Balaban J connectivity index is 2.18. The molecule has 1 aromatic carbocycles. The minimum absolute atomic E-state index is 0.160. The maximum atomic E-state index is 10.3. The van der Waals surface area contributed by atoms with Gasteiger partial charge in [0.25, 0.3) is 0 Å². The summed E-state index contributed by atoms with van der Waals surface area (Å²) in [6, 6.07) is 6.02. The second-order valence-electron chi connectivity index (χ2n) is 5.30. The van der Waals surface area contributed by atoms with Gasteiger partial charge in [-0.2, -0.15) is 0 Å². The first kappa shape index (κ1) is 11.5. The van der Waals surface area contributed by atoms with Crippen LogP contribution in [0.4, 0.5) is 0 Å². The van der Waals surface area contributed by atoms with Gasteiger partial charge >= 0.3 is 0 Å². The molecule has 3 heteroatoms. The highest BCUT2D eigenvalue weighted by Gasteiger charge is 2.35. The number of aliphatic hydroxyl groups is 1. The van der Waals surface area contributed by atoms with Crippen LogP contribution in [0.25, 0.3) is 10.8 Å². The van der Waals surface area contributed by atoms with Gasteiger partial charge in [-0.25, -0.2) is 0 Å². The molecule has 3 nitrogen and oxygen atoms in total. The highest BCUT2D eigenvalue weighted by atomic mass is 16.5. The highest BCUT2D eigenvalue weighted by molar-refractivity contribution is 5.89. The van der Waals surface area contributed by atoms with Crippen molar-refractivity contribution in [2.45, 2.75) is 33.0 Å². The molecule has 0 spiro atoms. The number of hydrogen-bond acceptors (Lipinski definition) is 3. The fourth-order valence-corrected chi connectivity index (χ4v) is 2.56. The predicted octanol–water partition coefficient (Wildman–Crippen LogP) is 2.99. The summed E-state index contributed by atoms with van der Waals surface area (Å²) in [6.45, 7) is 6.09. The normalized spacial score (nSPS) is 22.3. The monoisotopic (exact) mass is 243 g/mol. The Morgan fingerprint density at radius 3 is 2.83 bits per heavy atom. The number of aromatic nitrogens is 1. The number of benzene rings is 1. The Labute approximate surface area is 106 Å². The summed E-state index contributed by atoms with van der Waals surface area (Å²) in [5.74, 6) is 1.08. The molecule has 3 rings (SSSR count). The summed E-state index contributed by atoms with van der Waals surface area (Å²) < 4.78 is 5.94. The zero-order valence-electron chi connectivity index (χ0n) is 10.8. The van der Waals surface area contributed by atoms with Gasteiger partial charge in [-0.05, 0) is 24.3 Å². The standard InChI is InChI=1S/C15H17NO2/c1-8(2)14-13(17)11-5-4-10-6-9(3)16-7-12(10)15(11)18-14/h4-8,13-14,17H,1-3H3/t13-,14-/m1/s1. The van der Waals surface area contributed by atoms with E-state index in [1.54, 1.807) is 0 Å². The lowest BCUT2D eigenvalue weighted by Gasteiger charge is -2.18. The van der Waals surface area contributed by atoms with E-state index in [0.717, 1.165) is 27.8 Å². The van der Waals surface area contributed by atoms with Crippen molar-refractivity contribution in [1.29, 1.82) is 0 Å². The van der Waals surface area contributed by atoms with Gasteiger partial charge < -0.3 is 9.84 Å². The first-order valence-corrected chi connectivity index (χ1v) is 6.32. The average molecular weight is 243 g/mol. The van der Waals surface area contributed by atoms with Crippen molar-refractivity contribution >= 4 is 10.8 Å². The molecule has 1 N–H and O–H groups in total. The molecule has 0 unspecified atom stereocenters. The average Bonchev–Trinajstić information content (AvgIpc) is 2.67. The van der Waals surface area contributed by atoms with Crippen molar-refractivity contribution in [2.24, 2.45) is 5.92 Å². The van der Waals surface area contributed by atoms with Crippen LogP contribution in [-0.4, -0.2) is 16.2 Å². The number of aliphatic hydroxyl groups excluding tert-OH is 1. The zero-order valence-corrected chi connectivity index (χ0v) is 10.8. The van der Waals surface area contributed by atoms with Gasteiger partial charge in [-0.3, -0.25) is 4.98 Å². The van der Waals surface area contributed by atoms with Crippen LogP contribution in [-0.2, 0) is 0 Å². The molecular formula is C15H17NO2. The summed E-state index contributed by atoms with van der Waals surface area (Å²) in [5, 5.41) is 12.4. The molecule has 0 aliphatic carbocycles. The summed E-state index contributed by atoms with van der Waals surface area (Å²) >= 11 is 0. The van der Waals surface area contributed by atoms with E-state index in [2.05, 4.69) is 18.8 Å². The van der Waals surface area contributed by atoms with Crippen LogP contribution in [0.5, 0.6) is 5.75 Å². The highest BCUT2D eigenvalue weighted by Crippen LogP contribution is 2.43. The molecule has 0 amide bonds. The number of hydrogen-bond donors (Lipinski definition) is 1. The van der Waals surface area contributed by atoms with Crippen LogP contribution in [0, 0.1) is 12.8 Å². The third-order valence-electron chi connectivity index (χ3n) is 3.56. The van der Waals surface area contributed by atoms with Gasteiger partial charge in [0, 0.05) is 22.8 Å². The van der Waals surface area contributed by atoms with Crippen molar-refractivity contribution in [2.75, 3.05) is 0 Å². The van der Waals surface area contributed by atoms with E-state index in [0.29, 0.717) is 0 Å². The van der Waals surface area contributed by atoms with Gasteiger partial charge in [0.05, 0.1) is 0 Å². The maximum Gasteiger partial charge on any atom is 0.135 e. The molecule has 2 atom stereocenters. The molecule has 0 bridgehead atoms. The fourth-order valence-electron chi connectivity index (χ4n) is 2.56. The van der Waals surface area contributed by atoms with Crippen molar-refractivity contribution in [1.82, 2.24) is 4.98 Å². The van der Waals surface area contributed by atoms with Crippen LogP contribution >= 0.6 is 0 Å². The lowest BCUT2D eigenvalue weighted by Crippen LogP contribution is -2.24. The molecule has 0 saturated heterocycles. The summed E-state index contributed by atoms with van der Waals surface area (Å²) in [7, 11) is 0. The topological polar surface area (TPSA) is 42.4 Å². The fraction of sp³-hybridized carbons (Fsp3) is 0.400. The van der Waals surface area contributed by atoms with E-state index >= 15 is 0 Å². The third kappa shape index (κ3) is 1.58. The molecule has 1 aromatic heterocycles. The van der Waals surface area contributed by atoms with E-state index < -0.39 is 6.10 Å². The number of pyridine rings is 1. The second kappa shape index (κ2) is 3.95. The van der Waals surface area contributed by atoms with Crippen LogP contribution in [0.1, 0.15) is 31.2 Å². The Kier molecular flexibility index (Phi) is 2.52. The van der Waals surface area contributed by atoms with Gasteiger partial charge in [0.2, 0.25) is 0 Å². The van der Waals surface area contributed by atoms with E-state index in [1.165, 1.54) is 0 Å². The smallest absolute Gasteiger partial charge is 0.135 e. The lowest BCUT2D eigenvalue weighted by atomic mass is 9.97. The van der Waals surface area contributed by atoms with Gasteiger partial charge in [-0.15, -0.1) is 0 Å². The first-order chi connectivity index (χ1) is 8.58. The molecule has 1 aliphatic rings. The SMILES string of the molecule is Cc1cc2ccc3c(c2cn1)O[C@H](C(C)C)[C@@H]3O. The number of nitrogens with zero attached hydrogens (tertiary/aromatic N) is 1. The van der Waals surface area contributed by atoms with Crippen LogP contribution in [0.2, 0.25) is 0 Å². The Morgan fingerprint density at radius 1 is 1.33 bits per heavy atom. The molecule has 0 saturated carbocycles. The van der Waals surface area contributed by atoms with E-state index in [4.69, 9.17) is 4.74 Å². The second-order valence-corrected chi connectivity index (χ2v) is 5.30. The zero-order chi connectivity index (χ0) is 12.9. The van der Waals surface area contributed by atoms with Crippen molar-refractivity contribution in [3.63, 3.8) is 0 Å². The van der Waals surface area contributed by atoms with Crippen LogP contribution < -0.4 is 4.74 Å². The Hall–Kier alpha value is -1.61. The molecule has 18 heavy (non-hydrogen) atoms. The van der Waals surface area contributed by atoms with Crippen molar-refractivity contribution in [3.05, 3.63) is 35.7 Å². The molecule has 94 valence electrons. The molecule has 2 aromatic rings. The first-order valence-electron chi connectivity index (χ1n) is 6.32. The summed E-state index contributed by atoms with van der Waals surface area (Å²) in [5.41, 5.74) is 1.87. The number of ether oxygens (including phenoxy) is 1. The minimum Gasteiger partial charge on any atom is -0.486 e. The van der Waals surface area contributed by atoms with E-state index in [-0.39, 0.29) is 12.0 Å². The van der Waals surface area contributed by atoms with Crippen molar-refractivity contribution in [3.8, 4) is 5.75 Å². The van der Waals surface area contributed by atoms with Crippen LogP contribution in [0.15, 0.2) is 24.4 Å². The van der Waals surface area contributed by atoms with E-state index in [1.807, 2.05) is 31.3 Å². The molecule has 0 radical (unpaired) electrons. The quantitative estimate of drug-likeness (QED) is 0.837. The van der Waals surface area contributed by atoms with Gasteiger partial charge in [0.15, 0.2) is 0 Å². The summed E-state index contributed by atoms with van der Waals surface area (Å²) in [6.07, 6.45) is 1.14. The minimum atomic E-state index is -0.536. The predicted molar refractivity (Wildman–Crippen MR) is 70.7 cm³/mol. The third-order valence-corrected chi connectivity index (χ3v) is 3.56. The van der Waals surface area contributed by atoms with Crippen molar-refractivity contribution < 1.29 is 9.84 Å². The summed E-state index contributed by atoms with van der Waals surface area (Å²) in [4.78, 5) is 4.32. The Bertz CT molecular complexity index is 607. The van der Waals surface area contributed by atoms with E-state index in [9.17, 15) is 5.11 Å². The maximum absolute atomic E-state index is 10.3. The van der Waals surface area contributed by atoms with Gasteiger partial charge in [0.1, 0.15) is 18.0 Å². The van der Waals surface area contributed by atoms with Gasteiger partial charge in [-0.1, -0.05) is 26.0 Å². The number of fused-ring (bicyclic) bond motifs is 3. The largest absolute Gasteiger partial charge is 0.486 e.